The van der Waals surface area contributed by atoms with Gasteiger partial charge >= 0.3 is 7.60 Å². The molecule has 3 N–H and O–H groups in total. The largest absolute Gasteiger partial charge is 0.351 e. The van der Waals surface area contributed by atoms with E-state index in [4.69, 9.17) is 9.79 Å². The second-order valence-electron chi connectivity index (χ2n) is 3.28. The zero-order chi connectivity index (χ0) is 10.7. The second-order valence-corrected chi connectivity index (χ2v) is 5.58. The van der Waals surface area contributed by atoms with E-state index >= 15 is 0 Å². The fourth-order valence-electron chi connectivity index (χ4n) is 0.479. The average molecular weight is 207 g/mol. The van der Waals surface area contributed by atoms with Crippen LogP contribution in [0.1, 0.15) is 13.8 Å². The zero-order valence-electron chi connectivity index (χ0n) is 7.65. The van der Waals surface area contributed by atoms with E-state index in [1.165, 1.54) is 13.8 Å². The molecule has 0 aliphatic carbocycles. The number of nitrogens with one attached hydrogen (secondary N) is 1. The Labute approximate surface area is 77.0 Å². The monoisotopic (exact) mass is 207 g/mol. The van der Waals surface area contributed by atoms with Gasteiger partial charge in [0.05, 0.1) is 5.16 Å². The number of hydrogen-bond acceptors (Lipinski definition) is 2. The molecule has 0 aliphatic heterocycles. The van der Waals surface area contributed by atoms with E-state index in [9.17, 15) is 9.36 Å². The lowest BCUT2D eigenvalue weighted by Gasteiger charge is -2.25. The van der Waals surface area contributed by atoms with Crippen molar-refractivity contribution >= 4 is 13.5 Å². The lowest BCUT2D eigenvalue weighted by molar-refractivity contribution is -0.116. The maximum atomic E-state index is 10.9. The first-order valence-electron chi connectivity index (χ1n) is 3.66. The molecule has 0 rings (SSSR count). The van der Waals surface area contributed by atoms with Gasteiger partial charge in [0.15, 0.2) is 0 Å². The fraction of sp³-hybridized carbons (Fsp3) is 0.571. The summed E-state index contributed by atoms with van der Waals surface area (Å²) in [7, 11) is -4.18. The van der Waals surface area contributed by atoms with Crippen molar-refractivity contribution in [2.75, 3.05) is 6.54 Å². The summed E-state index contributed by atoms with van der Waals surface area (Å²) in [5.74, 6) is -0.443. The molecular weight excluding hydrogens is 193 g/mol. The van der Waals surface area contributed by atoms with Gasteiger partial charge in [0.25, 0.3) is 0 Å². The van der Waals surface area contributed by atoms with Crippen LogP contribution in [0, 0.1) is 0 Å². The van der Waals surface area contributed by atoms with Gasteiger partial charge in [-0.3, -0.25) is 9.36 Å². The lowest BCUT2D eigenvalue weighted by atomic mass is 10.2. The third kappa shape index (κ3) is 3.72. The van der Waals surface area contributed by atoms with Crippen LogP contribution in [0.25, 0.3) is 0 Å². The number of carbonyl (C=O) groups is 1. The summed E-state index contributed by atoms with van der Waals surface area (Å²) in [6, 6.07) is 0. The van der Waals surface area contributed by atoms with Gasteiger partial charge in [-0.15, -0.1) is 0 Å². The predicted molar refractivity (Wildman–Crippen MR) is 49.3 cm³/mol. The Hall–Kier alpha value is -0.640. The van der Waals surface area contributed by atoms with Crippen LogP contribution in [0.4, 0.5) is 0 Å². The smallest absolute Gasteiger partial charge is 0.332 e. The van der Waals surface area contributed by atoms with Crippen LogP contribution < -0.4 is 5.32 Å². The number of rotatable bonds is 4. The quantitative estimate of drug-likeness (QED) is 0.455. The van der Waals surface area contributed by atoms with Crippen LogP contribution in [0.2, 0.25) is 0 Å². The first kappa shape index (κ1) is 12.4. The van der Waals surface area contributed by atoms with Crippen LogP contribution in [-0.4, -0.2) is 27.4 Å². The van der Waals surface area contributed by atoms with Gasteiger partial charge in [0.2, 0.25) is 5.91 Å². The first-order chi connectivity index (χ1) is 5.70. The van der Waals surface area contributed by atoms with Crippen LogP contribution in [-0.2, 0) is 9.36 Å². The Morgan fingerprint density at radius 3 is 2.38 bits per heavy atom. The highest BCUT2D eigenvalue weighted by Crippen LogP contribution is 2.49. The number of amides is 1. The van der Waals surface area contributed by atoms with Gasteiger partial charge in [-0.05, 0) is 19.9 Å². The van der Waals surface area contributed by atoms with E-state index in [1.807, 2.05) is 0 Å². The summed E-state index contributed by atoms with van der Waals surface area (Å²) in [5.41, 5.74) is 0. The molecule has 0 aromatic rings. The van der Waals surface area contributed by atoms with Crippen LogP contribution in [0.15, 0.2) is 12.7 Å². The Morgan fingerprint density at radius 1 is 1.62 bits per heavy atom. The summed E-state index contributed by atoms with van der Waals surface area (Å²) in [5, 5.41) is 1.09. The summed E-state index contributed by atoms with van der Waals surface area (Å²) in [6.07, 6.45) is 1.05. The molecule has 13 heavy (non-hydrogen) atoms. The van der Waals surface area contributed by atoms with E-state index in [0.29, 0.717) is 0 Å². The molecule has 0 aromatic carbocycles. The molecule has 0 spiro atoms. The normalized spacial score (nSPS) is 12.3. The van der Waals surface area contributed by atoms with Crippen molar-refractivity contribution in [1.82, 2.24) is 5.32 Å². The van der Waals surface area contributed by atoms with Crippen molar-refractivity contribution < 1.29 is 19.1 Å². The highest BCUT2D eigenvalue weighted by Gasteiger charge is 2.37. The Bertz CT molecular complexity index is 255. The molecule has 0 heterocycles. The average Bonchev–Trinajstić information content (AvgIpc) is 1.98. The van der Waals surface area contributed by atoms with Crippen LogP contribution in [0.5, 0.6) is 0 Å². The molecule has 5 nitrogen and oxygen atoms in total. The van der Waals surface area contributed by atoms with Crippen LogP contribution >= 0.6 is 7.60 Å². The zero-order valence-corrected chi connectivity index (χ0v) is 8.54. The lowest BCUT2D eigenvalue weighted by Crippen LogP contribution is -2.37. The molecular formula is C7H14NO4P. The van der Waals surface area contributed by atoms with Gasteiger partial charge in [-0.2, -0.15) is 0 Å². The maximum Gasteiger partial charge on any atom is 0.332 e. The molecule has 0 radical (unpaired) electrons. The van der Waals surface area contributed by atoms with Crippen molar-refractivity contribution in [3.63, 3.8) is 0 Å². The van der Waals surface area contributed by atoms with E-state index in [-0.39, 0.29) is 6.54 Å². The number of carbonyl (C=O) groups excluding carboxylic acids is 1. The highest BCUT2D eigenvalue weighted by atomic mass is 31.2. The van der Waals surface area contributed by atoms with E-state index in [2.05, 4.69) is 11.9 Å². The molecule has 0 fully saturated rings. The predicted octanol–water partition coefficient (Wildman–Crippen LogP) is 0.245. The first-order valence-corrected chi connectivity index (χ1v) is 5.28. The summed E-state index contributed by atoms with van der Waals surface area (Å²) in [4.78, 5) is 28.4. The van der Waals surface area contributed by atoms with Crippen LogP contribution in [0.3, 0.4) is 0 Å². The second kappa shape index (κ2) is 4.05. The minimum Gasteiger partial charge on any atom is -0.351 e. The molecule has 0 bridgehead atoms. The van der Waals surface area contributed by atoms with E-state index < -0.39 is 18.7 Å². The van der Waals surface area contributed by atoms with Gasteiger partial charge in [0.1, 0.15) is 0 Å². The Morgan fingerprint density at radius 2 is 2.08 bits per heavy atom. The molecule has 0 saturated heterocycles. The number of hydrogen-bond donors (Lipinski definition) is 3. The van der Waals surface area contributed by atoms with Gasteiger partial charge in [0, 0.05) is 6.54 Å². The molecule has 0 aliphatic rings. The van der Waals surface area contributed by atoms with Crippen molar-refractivity contribution in [3.8, 4) is 0 Å². The maximum absolute atomic E-state index is 10.9. The van der Waals surface area contributed by atoms with E-state index in [1.54, 1.807) is 0 Å². The third-order valence-electron chi connectivity index (χ3n) is 1.67. The molecule has 1 amide bonds. The standard InChI is InChI=1S/C7H14NO4P/c1-4-6(9)8-5-7(2,3)13(10,11)12/h4H,1,5H2,2-3H3,(H,8,9)(H2,10,11,12). The Kier molecular flexibility index (Phi) is 3.85. The minimum atomic E-state index is -4.18. The molecule has 0 unspecified atom stereocenters. The van der Waals surface area contributed by atoms with Gasteiger partial charge < -0.3 is 15.1 Å². The van der Waals surface area contributed by atoms with Crippen molar-refractivity contribution in [1.29, 1.82) is 0 Å². The molecule has 0 atom stereocenters. The third-order valence-corrected chi connectivity index (χ3v) is 3.40. The van der Waals surface area contributed by atoms with Gasteiger partial charge in [-0.25, -0.2) is 0 Å². The van der Waals surface area contributed by atoms with Crippen molar-refractivity contribution in [2.45, 2.75) is 19.0 Å². The summed E-state index contributed by atoms with van der Waals surface area (Å²) in [6.45, 7) is 5.91. The van der Waals surface area contributed by atoms with E-state index in [0.717, 1.165) is 6.08 Å². The summed E-state index contributed by atoms with van der Waals surface area (Å²) >= 11 is 0. The van der Waals surface area contributed by atoms with Gasteiger partial charge in [-0.1, -0.05) is 6.58 Å². The highest BCUT2D eigenvalue weighted by molar-refractivity contribution is 7.53. The molecule has 76 valence electrons. The SMILES string of the molecule is C=CC(=O)NCC(C)(C)P(=O)(O)O. The summed E-state index contributed by atoms with van der Waals surface area (Å²) < 4.78 is 10.9. The minimum absolute atomic E-state index is 0.0812. The topological polar surface area (TPSA) is 86.6 Å². The molecule has 0 aromatic heterocycles. The van der Waals surface area contributed by atoms with Crippen molar-refractivity contribution in [2.24, 2.45) is 0 Å². The van der Waals surface area contributed by atoms with Crippen molar-refractivity contribution in [3.05, 3.63) is 12.7 Å². The molecule has 6 heteroatoms. The Balaban J connectivity index is 4.28. The fourth-order valence-corrected chi connectivity index (χ4v) is 0.764. The molecule has 0 saturated carbocycles.